The minimum absolute atomic E-state index is 0.0418. The standard InChI is InChI=1S/C16H20N2O4S2/c1-22-9-15(19)17-16-18(8-7-12-5-3-2-4-6-12)13-10-24(20,21)11-14(13)23-16/h2-6,13-14H,7-11H2,1H3/t13-,14+/m0/s1. The van der Waals surface area contributed by atoms with Crippen molar-refractivity contribution >= 4 is 32.7 Å². The van der Waals surface area contributed by atoms with E-state index in [9.17, 15) is 13.2 Å². The van der Waals surface area contributed by atoms with Crippen molar-refractivity contribution in [3.8, 4) is 0 Å². The fourth-order valence-electron chi connectivity index (χ4n) is 3.05. The fraction of sp³-hybridized carbons (Fsp3) is 0.500. The molecule has 0 bridgehead atoms. The van der Waals surface area contributed by atoms with Gasteiger partial charge in [-0.1, -0.05) is 42.1 Å². The van der Waals surface area contributed by atoms with Crippen LogP contribution in [-0.4, -0.2) is 67.5 Å². The summed E-state index contributed by atoms with van der Waals surface area (Å²) in [4.78, 5) is 17.9. The fourth-order valence-corrected chi connectivity index (χ4v) is 7.05. The monoisotopic (exact) mass is 368 g/mol. The topological polar surface area (TPSA) is 76.0 Å². The number of nitrogens with zero attached hydrogens (tertiary/aromatic N) is 2. The number of sulfone groups is 1. The van der Waals surface area contributed by atoms with Crippen LogP contribution in [-0.2, 0) is 25.8 Å². The van der Waals surface area contributed by atoms with Crippen molar-refractivity contribution in [3.63, 3.8) is 0 Å². The third kappa shape index (κ3) is 3.99. The van der Waals surface area contributed by atoms with Gasteiger partial charge in [0.1, 0.15) is 6.61 Å². The number of carbonyl (C=O) groups is 1. The zero-order valence-corrected chi connectivity index (χ0v) is 15.1. The highest BCUT2D eigenvalue weighted by Gasteiger charge is 2.48. The molecule has 3 rings (SSSR count). The summed E-state index contributed by atoms with van der Waals surface area (Å²) in [5.74, 6) is -0.0500. The number of fused-ring (bicyclic) bond motifs is 1. The maximum Gasteiger partial charge on any atom is 0.274 e. The first-order chi connectivity index (χ1) is 11.5. The summed E-state index contributed by atoms with van der Waals surface area (Å²) < 4.78 is 28.7. The van der Waals surface area contributed by atoms with E-state index in [-0.39, 0.29) is 35.3 Å². The number of thioether (sulfide) groups is 1. The number of aliphatic imine (C=N–C) groups is 1. The van der Waals surface area contributed by atoms with Crippen molar-refractivity contribution < 1.29 is 17.9 Å². The predicted octanol–water partition coefficient (Wildman–Crippen LogP) is 0.973. The summed E-state index contributed by atoms with van der Waals surface area (Å²) in [6.45, 7) is 0.580. The summed E-state index contributed by atoms with van der Waals surface area (Å²) in [5.41, 5.74) is 1.18. The van der Waals surface area contributed by atoms with Crippen molar-refractivity contribution in [3.05, 3.63) is 35.9 Å². The minimum atomic E-state index is -3.01. The van der Waals surface area contributed by atoms with Gasteiger partial charge in [-0.25, -0.2) is 8.42 Å². The minimum Gasteiger partial charge on any atom is -0.375 e. The van der Waals surface area contributed by atoms with Gasteiger partial charge in [0, 0.05) is 18.9 Å². The number of benzene rings is 1. The third-order valence-electron chi connectivity index (χ3n) is 4.15. The van der Waals surface area contributed by atoms with E-state index in [0.29, 0.717) is 11.7 Å². The van der Waals surface area contributed by atoms with Crippen LogP contribution in [0, 0.1) is 0 Å². The molecule has 0 radical (unpaired) electrons. The molecule has 1 aromatic rings. The average Bonchev–Trinajstić information content (AvgIpc) is 2.98. The first-order valence-corrected chi connectivity index (χ1v) is 10.5. The Labute approximate surface area is 146 Å². The van der Waals surface area contributed by atoms with Gasteiger partial charge in [0.15, 0.2) is 15.0 Å². The number of hydrogen-bond acceptors (Lipinski definition) is 5. The molecule has 2 heterocycles. The number of carbonyl (C=O) groups excluding carboxylic acids is 1. The van der Waals surface area contributed by atoms with Crippen LogP contribution in [0.5, 0.6) is 0 Å². The zero-order chi connectivity index (χ0) is 17.2. The smallest absolute Gasteiger partial charge is 0.274 e. The lowest BCUT2D eigenvalue weighted by atomic mass is 10.1. The number of rotatable bonds is 5. The van der Waals surface area contributed by atoms with Crippen LogP contribution in [0.1, 0.15) is 5.56 Å². The van der Waals surface area contributed by atoms with Gasteiger partial charge in [0.05, 0.1) is 17.5 Å². The summed E-state index contributed by atoms with van der Waals surface area (Å²) in [7, 11) is -1.56. The van der Waals surface area contributed by atoms with Crippen LogP contribution < -0.4 is 0 Å². The molecule has 2 fully saturated rings. The Morgan fingerprint density at radius 1 is 1.33 bits per heavy atom. The molecule has 1 amide bonds. The molecule has 0 spiro atoms. The Morgan fingerprint density at radius 3 is 2.79 bits per heavy atom. The van der Waals surface area contributed by atoms with Crippen LogP contribution in [0.2, 0.25) is 0 Å². The molecule has 8 heteroatoms. The van der Waals surface area contributed by atoms with E-state index in [1.165, 1.54) is 24.4 Å². The largest absolute Gasteiger partial charge is 0.375 e. The van der Waals surface area contributed by atoms with Crippen molar-refractivity contribution in [1.29, 1.82) is 0 Å². The molecule has 2 saturated heterocycles. The van der Waals surface area contributed by atoms with Gasteiger partial charge in [-0.3, -0.25) is 4.79 Å². The third-order valence-corrected chi connectivity index (χ3v) is 7.39. The van der Waals surface area contributed by atoms with E-state index in [0.717, 1.165) is 6.42 Å². The second-order valence-electron chi connectivity index (χ2n) is 5.95. The van der Waals surface area contributed by atoms with E-state index >= 15 is 0 Å². The van der Waals surface area contributed by atoms with Crippen LogP contribution in [0.25, 0.3) is 0 Å². The molecule has 24 heavy (non-hydrogen) atoms. The van der Waals surface area contributed by atoms with Crippen molar-refractivity contribution in [2.75, 3.05) is 31.8 Å². The lowest BCUT2D eigenvalue weighted by Crippen LogP contribution is -2.39. The Kier molecular flexibility index (Phi) is 5.27. The molecule has 0 unspecified atom stereocenters. The molecule has 2 atom stereocenters. The quantitative estimate of drug-likeness (QED) is 0.771. The normalized spacial score (nSPS) is 26.7. The number of ether oxygens (including phenoxy) is 1. The summed E-state index contributed by atoms with van der Waals surface area (Å²) in [6.07, 6.45) is 0.780. The van der Waals surface area contributed by atoms with E-state index in [4.69, 9.17) is 4.74 Å². The van der Waals surface area contributed by atoms with Crippen LogP contribution in [0.4, 0.5) is 0 Å². The van der Waals surface area contributed by atoms with Crippen LogP contribution in [0.15, 0.2) is 35.3 Å². The van der Waals surface area contributed by atoms with Crippen LogP contribution in [0.3, 0.4) is 0 Å². The first-order valence-electron chi connectivity index (χ1n) is 7.76. The van der Waals surface area contributed by atoms with Gasteiger partial charge in [-0.15, -0.1) is 0 Å². The molecule has 6 nitrogen and oxygen atoms in total. The summed E-state index contributed by atoms with van der Waals surface area (Å²) >= 11 is 1.40. The second-order valence-corrected chi connectivity index (χ2v) is 9.31. The maximum atomic E-state index is 11.9. The molecule has 0 saturated carbocycles. The first kappa shape index (κ1) is 17.4. The highest BCUT2D eigenvalue weighted by Crippen LogP contribution is 2.38. The second kappa shape index (κ2) is 7.25. The van der Waals surface area contributed by atoms with E-state index in [1.54, 1.807) is 0 Å². The van der Waals surface area contributed by atoms with Gasteiger partial charge in [0.2, 0.25) is 0 Å². The van der Waals surface area contributed by atoms with E-state index in [2.05, 4.69) is 4.99 Å². The molecular formula is C16H20N2O4S2. The van der Waals surface area contributed by atoms with Gasteiger partial charge in [-0.05, 0) is 12.0 Å². The summed E-state index contributed by atoms with van der Waals surface area (Å²) in [5, 5.41) is 0.581. The molecule has 0 aromatic heterocycles. The van der Waals surface area contributed by atoms with Crippen molar-refractivity contribution in [2.45, 2.75) is 17.7 Å². The van der Waals surface area contributed by atoms with Crippen molar-refractivity contribution in [2.24, 2.45) is 4.99 Å². The van der Waals surface area contributed by atoms with E-state index < -0.39 is 9.84 Å². The van der Waals surface area contributed by atoms with Crippen molar-refractivity contribution in [1.82, 2.24) is 4.90 Å². The Morgan fingerprint density at radius 2 is 2.08 bits per heavy atom. The van der Waals surface area contributed by atoms with Gasteiger partial charge in [0.25, 0.3) is 5.91 Å². The highest BCUT2D eigenvalue weighted by molar-refractivity contribution is 8.15. The van der Waals surface area contributed by atoms with Gasteiger partial charge < -0.3 is 9.64 Å². The molecular weight excluding hydrogens is 348 g/mol. The zero-order valence-electron chi connectivity index (χ0n) is 13.4. The number of methoxy groups -OCH3 is 1. The molecule has 0 aliphatic carbocycles. The maximum absolute atomic E-state index is 11.9. The molecule has 0 N–H and O–H groups in total. The summed E-state index contributed by atoms with van der Waals surface area (Å²) in [6, 6.07) is 9.91. The van der Waals surface area contributed by atoms with E-state index in [1.807, 2.05) is 35.2 Å². The molecule has 1 aromatic carbocycles. The van der Waals surface area contributed by atoms with Gasteiger partial charge >= 0.3 is 0 Å². The molecule has 2 aliphatic heterocycles. The number of hydrogen-bond donors (Lipinski definition) is 0. The lowest BCUT2D eigenvalue weighted by molar-refractivity contribution is -0.121. The molecule has 2 aliphatic rings. The Bertz CT molecular complexity index is 734. The Balaban J connectivity index is 1.77. The van der Waals surface area contributed by atoms with Gasteiger partial charge in [-0.2, -0.15) is 4.99 Å². The Hall–Kier alpha value is -1.38. The SMILES string of the molecule is COCC(=O)N=C1S[C@@H]2CS(=O)(=O)C[C@@H]2N1CCc1ccccc1. The van der Waals surface area contributed by atoms with Crippen LogP contribution >= 0.6 is 11.8 Å². The lowest BCUT2D eigenvalue weighted by Gasteiger charge is -2.24. The predicted molar refractivity (Wildman–Crippen MR) is 95.0 cm³/mol. The molecule has 130 valence electrons. The number of amidine groups is 1. The highest BCUT2D eigenvalue weighted by atomic mass is 32.2. The average molecular weight is 368 g/mol. The number of amides is 1.